The third kappa shape index (κ3) is 3.80. The maximum absolute atomic E-state index is 12.5. The van der Waals surface area contributed by atoms with Gasteiger partial charge in [0, 0.05) is 32.3 Å². The highest BCUT2D eigenvalue weighted by Crippen LogP contribution is 2.30. The van der Waals surface area contributed by atoms with E-state index >= 15 is 0 Å². The third-order valence-corrected chi connectivity index (χ3v) is 6.49. The summed E-state index contributed by atoms with van der Waals surface area (Å²) in [6.45, 7) is 3.48. The van der Waals surface area contributed by atoms with Crippen LogP contribution in [0.5, 0.6) is 0 Å². The van der Waals surface area contributed by atoms with E-state index in [4.69, 9.17) is 0 Å². The Hall–Kier alpha value is -1.41. The van der Waals surface area contributed by atoms with Gasteiger partial charge in [-0.1, -0.05) is 12.8 Å². The molecule has 1 aromatic rings. The molecule has 7 nitrogen and oxygen atoms in total. The zero-order valence-corrected chi connectivity index (χ0v) is 15.0. The van der Waals surface area contributed by atoms with Crippen molar-refractivity contribution in [2.75, 3.05) is 19.6 Å². The van der Waals surface area contributed by atoms with Gasteiger partial charge >= 0.3 is 0 Å². The predicted molar refractivity (Wildman–Crippen MR) is 90.1 cm³/mol. The smallest absolute Gasteiger partial charge is 0.243 e. The second kappa shape index (κ2) is 7.23. The number of likely N-dealkylation sites (tertiary alicyclic amines) is 1. The molecule has 2 heterocycles. The molecule has 24 heavy (non-hydrogen) atoms. The summed E-state index contributed by atoms with van der Waals surface area (Å²) >= 11 is 0. The van der Waals surface area contributed by atoms with Crippen molar-refractivity contribution in [3.63, 3.8) is 0 Å². The van der Waals surface area contributed by atoms with E-state index in [1.54, 1.807) is 18.0 Å². The molecule has 0 bridgehead atoms. The number of aryl methyl sites for hydroxylation is 1. The Bertz CT molecular complexity index is 692. The van der Waals surface area contributed by atoms with Gasteiger partial charge in [-0.2, -0.15) is 5.10 Å². The number of hydrogen-bond acceptors (Lipinski definition) is 4. The van der Waals surface area contributed by atoms with E-state index in [1.165, 1.54) is 12.8 Å². The minimum Gasteiger partial charge on any atom is -0.343 e. The fourth-order valence-corrected chi connectivity index (χ4v) is 4.82. The lowest BCUT2D eigenvalue weighted by Crippen LogP contribution is -2.30. The highest BCUT2D eigenvalue weighted by Gasteiger charge is 2.24. The standard InChI is InChI=1S/C16H26N4O3S/c1-13-15(12-20(18-13)14-6-2-3-7-14)24(22,23)17-9-5-11-19-10-4-8-16(19)21/h12,14,17H,2-11H2,1H3. The maximum atomic E-state index is 12.5. The predicted octanol–water partition coefficient (Wildman–Crippen LogP) is 1.60. The van der Waals surface area contributed by atoms with Gasteiger partial charge in [-0.3, -0.25) is 9.48 Å². The van der Waals surface area contributed by atoms with Gasteiger partial charge < -0.3 is 4.90 Å². The first-order chi connectivity index (χ1) is 11.5. The second-order valence-corrected chi connectivity index (χ2v) is 8.47. The van der Waals surface area contributed by atoms with Crippen molar-refractivity contribution in [2.45, 2.75) is 62.8 Å². The van der Waals surface area contributed by atoms with Crippen molar-refractivity contribution >= 4 is 15.9 Å². The van der Waals surface area contributed by atoms with E-state index in [0.717, 1.165) is 25.8 Å². The van der Waals surface area contributed by atoms with Crippen molar-refractivity contribution in [2.24, 2.45) is 0 Å². The normalized spacial score (nSPS) is 19.5. The molecule has 2 fully saturated rings. The van der Waals surface area contributed by atoms with Crippen molar-refractivity contribution in [1.29, 1.82) is 0 Å². The third-order valence-electron chi connectivity index (χ3n) is 4.93. The topological polar surface area (TPSA) is 84.3 Å². The minimum absolute atomic E-state index is 0.173. The summed E-state index contributed by atoms with van der Waals surface area (Å²) in [6, 6.07) is 0.328. The van der Waals surface area contributed by atoms with Crippen molar-refractivity contribution in [1.82, 2.24) is 19.4 Å². The van der Waals surface area contributed by atoms with E-state index in [0.29, 0.717) is 37.7 Å². The van der Waals surface area contributed by atoms with Crippen LogP contribution in [0.15, 0.2) is 11.1 Å². The Morgan fingerprint density at radius 2 is 2.04 bits per heavy atom. The highest BCUT2D eigenvalue weighted by atomic mass is 32.2. The largest absolute Gasteiger partial charge is 0.343 e. The lowest BCUT2D eigenvalue weighted by Gasteiger charge is -2.15. The Balaban J connectivity index is 1.55. The number of carbonyl (C=O) groups excluding carboxylic acids is 1. The van der Waals surface area contributed by atoms with Crippen molar-refractivity contribution in [3.8, 4) is 0 Å². The van der Waals surface area contributed by atoms with Gasteiger partial charge in [0.15, 0.2) is 0 Å². The van der Waals surface area contributed by atoms with Crippen LogP contribution < -0.4 is 4.72 Å². The van der Waals surface area contributed by atoms with Crippen LogP contribution >= 0.6 is 0 Å². The van der Waals surface area contributed by atoms with Crippen molar-refractivity contribution in [3.05, 3.63) is 11.9 Å². The van der Waals surface area contributed by atoms with Crippen molar-refractivity contribution < 1.29 is 13.2 Å². The van der Waals surface area contributed by atoms with E-state index in [2.05, 4.69) is 9.82 Å². The average molecular weight is 354 g/mol. The van der Waals surface area contributed by atoms with Gasteiger partial charge in [-0.15, -0.1) is 0 Å². The Labute approximate surface area is 143 Å². The number of rotatable bonds is 7. The van der Waals surface area contributed by atoms with Crippen LogP contribution in [-0.2, 0) is 14.8 Å². The second-order valence-electron chi connectivity index (χ2n) is 6.73. The number of carbonyl (C=O) groups is 1. The summed E-state index contributed by atoms with van der Waals surface area (Å²) in [5.74, 6) is 0.173. The Kier molecular flexibility index (Phi) is 5.24. The molecule has 0 spiro atoms. The quantitative estimate of drug-likeness (QED) is 0.754. The van der Waals surface area contributed by atoms with E-state index in [9.17, 15) is 13.2 Å². The van der Waals surface area contributed by atoms with Gasteiger partial charge in [0.05, 0.1) is 11.7 Å². The molecule has 1 aliphatic heterocycles. The zero-order chi connectivity index (χ0) is 17.2. The molecule has 1 amide bonds. The maximum Gasteiger partial charge on any atom is 0.243 e. The van der Waals surface area contributed by atoms with Gasteiger partial charge in [0.2, 0.25) is 15.9 Å². The molecule has 1 aromatic heterocycles. The molecule has 0 radical (unpaired) electrons. The molecule has 1 N–H and O–H groups in total. The summed E-state index contributed by atoms with van der Waals surface area (Å²) in [7, 11) is -3.55. The van der Waals surface area contributed by atoms with Gasteiger partial charge in [-0.05, 0) is 32.6 Å². The molecule has 0 unspecified atom stereocenters. The minimum atomic E-state index is -3.55. The lowest BCUT2D eigenvalue weighted by atomic mass is 10.3. The number of hydrogen-bond donors (Lipinski definition) is 1. The SMILES string of the molecule is Cc1nn(C2CCCC2)cc1S(=O)(=O)NCCCN1CCCC1=O. The summed E-state index contributed by atoms with van der Waals surface area (Å²) in [6.07, 6.45) is 8.31. The highest BCUT2D eigenvalue weighted by molar-refractivity contribution is 7.89. The van der Waals surface area contributed by atoms with E-state index < -0.39 is 10.0 Å². The molecular weight excluding hydrogens is 328 g/mol. The van der Waals surface area contributed by atoms with Gasteiger partial charge in [0.25, 0.3) is 0 Å². The number of sulfonamides is 1. The first-order valence-electron chi connectivity index (χ1n) is 8.80. The first kappa shape index (κ1) is 17.4. The summed E-state index contributed by atoms with van der Waals surface area (Å²) < 4.78 is 29.5. The molecule has 0 atom stereocenters. The van der Waals surface area contributed by atoms with Gasteiger partial charge in [-0.25, -0.2) is 13.1 Å². The Morgan fingerprint density at radius 3 is 2.71 bits per heavy atom. The number of amides is 1. The van der Waals surface area contributed by atoms with E-state index in [1.807, 2.05) is 4.68 Å². The summed E-state index contributed by atoms with van der Waals surface area (Å²) in [5.41, 5.74) is 0.545. The average Bonchev–Trinajstić information content (AvgIpc) is 3.25. The molecule has 3 rings (SSSR count). The number of aromatic nitrogens is 2. The monoisotopic (exact) mass is 354 g/mol. The van der Waals surface area contributed by atoms with Crippen LogP contribution in [0, 0.1) is 6.92 Å². The fraction of sp³-hybridized carbons (Fsp3) is 0.750. The summed E-state index contributed by atoms with van der Waals surface area (Å²) in [5, 5.41) is 4.40. The molecule has 134 valence electrons. The molecule has 2 aliphatic rings. The zero-order valence-electron chi connectivity index (χ0n) is 14.2. The molecule has 8 heteroatoms. The fourth-order valence-electron chi connectivity index (χ4n) is 3.58. The first-order valence-corrected chi connectivity index (χ1v) is 10.3. The van der Waals surface area contributed by atoms with Crippen LogP contribution in [0.1, 0.15) is 56.7 Å². The molecule has 1 saturated heterocycles. The Morgan fingerprint density at radius 1 is 1.29 bits per heavy atom. The molecule has 1 aliphatic carbocycles. The summed E-state index contributed by atoms with van der Waals surface area (Å²) in [4.78, 5) is 13.6. The van der Waals surface area contributed by atoms with Gasteiger partial charge in [0.1, 0.15) is 4.90 Å². The van der Waals surface area contributed by atoms with Crippen LogP contribution in [0.4, 0.5) is 0 Å². The van der Waals surface area contributed by atoms with E-state index in [-0.39, 0.29) is 10.8 Å². The lowest BCUT2D eigenvalue weighted by molar-refractivity contribution is -0.127. The van der Waals surface area contributed by atoms with Crippen LogP contribution in [0.3, 0.4) is 0 Å². The number of nitrogens with one attached hydrogen (secondary N) is 1. The molecule has 1 saturated carbocycles. The number of nitrogens with zero attached hydrogens (tertiary/aromatic N) is 3. The molecular formula is C16H26N4O3S. The van der Waals surface area contributed by atoms with Crippen LogP contribution in [0.25, 0.3) is 0 Å². The van der Waals surface area contributed by atoms with Crippen LogP contribution in [0.2, 0.25) is 0 Å². The molecule has 0 aromatic carbocycles. The van der Waals surface area contributed by atoms with Crippen LogP contribution in [-0.4, -0.2) is 48.6 Å².